The highest BCUT2D eigenvalue weighted by molar-refractivity contribution is 9.10. The van der Waals surface area contributed by atoms with Crippen molar-refractivity contribution in [1.82, 2.24) is 10.2 Å². The van der Waals surface area contributed by atoms with Crippen molar-refractivity contribution in [2.24, 2.45) is 5.92 Å². The van der Waals surface area contributed by atoms with Gasteiger partial charge in [-0.3, -0.25) is 14.5 Å². The number of hydrogen-bond donors (Lipinski definition) is 1. The van der Waals surface area contributed by atoms with Crippen LogP contribution in [0.4, 0.5) is 5.69 Å². The molecule has 0 bridgehead atoms. The standard InChI is InChI=1S/C24H28BrN3O3/c1-31-19-10-8-17(9-11-19)22(27-12-4-5-13-27)15-26-24(30)18-14-23(29)28(16-18)21-7-3-2-6-20(21)25/h2-3,6-11,18,22H,4-5,12-16H2,1H3,(H,26,30). The number of halogens is 1. The lowest BCUT2D eigenvalue weighted by Gasteiger charge is -2.28. The number of benzene rings is 2. The quantitative estimate of drug-likeness (QED) is 0.648. The summed E-state index contributed by atoms with van der Waals surface area (Å²) in [6.07, 6.45) is 2.60. The zero-order valence-electron chi connectivity index (χ0n) is 17.7. The number of carbonyl (C=O) groups is 2. The van der Waals surface area contributed by atoms with Gasteiger partial charge >= 0.3 is 0 Å². The van der Waals surface area contributed by atoms with Gasteiger partial charge in [0.05, 0.1) is 24.8 Å². The molecule has 0 aromatic heterocycles. The van der Waals surface area contributed by atoms with Gasteiger partial charge in [0.1, 0.15) is 5.75 Å². The Hall–Kier alpha value is -2.38. The summed E-state index contributed by atoms with van der Waals surface area (Å²) in [5.41, 5.74) is 1.98. The van der Waals surface area contributed by atoms with Crippen LogP contribution in [-0.4, -0.2) is 50.0 Å². The highest BCUT2D eigenvalue weighted by Crippen LogP contribution is 2.32. The fourth-order valence-corrected chi connectivity index (χ4v) is 4.96. The summed E-state index contributed by atoms with van der Waals surface area (Å²) in [5, 5.41) is 3.13. The third-order valence-corrected chi connectivity index (χ3v) is 6.86. The van der Waals surface area contributed by atoms with Gasteiger partial charge < -0.3 is 15.0 Å². The van der Waals surface area contributed by atoms with Crippen molar-refractivity contribution >= 4 is 33.4 Å². The van der Waals surface area contributed by atoms with E-state index >= 15 is 0 Å². The summed E-state index contributed by atoms with van der Waals surface area (Å²) in [6.45, 7) is 3.00. The summed E-state index contributed by atoms with van der Waals surface area (Å²) in [6, 6.07) is 15.8. The fourth-order valence-electron chi connectivity index (χ4n) is 4.47. The van der Waals surface area contributed by atoms with Crippen molar-refractivity contribution in [2.75, 3.05) is 38.2 Å². The van der Waals surface area contributed by atoms with E-state index in [2.05, 4.69) is 38.3 Å². The van der Waals surface area contributed by atoms with Gasteiger partial charge in [0.2, 0.25) is 11.8 Å². The van der Waals surface area contributed by atoms with E-state index in [1.807, 2.05) is 36.4 Å². The molecule has 0 aliphatic carbocycles. The van der Waals surface area contributed by atoms with Crippen LogP contribution in [0.1, 0.15) is 30.9 Å². The van der Waals surface area contributed by atoms with Crippen LogP contribution >= 0.6 is 15.9 Å². The molecule has 2 unspecified atom stereocenters. The monoisotopic (exact) mass is 485 g/mol. The maximum Gasteiger partial charge on any atom is 0.227 e. The van der Waals surface area contributed by atoms with E-state index < -0.39 is 0 Å². The number of likely N-dealkylation sites (tertiary alicyclic amines) is 1. The molecule has 2 fully saturated rings. The minimum atomic E-state index is -0.338. The zero-order chi connectivity index (χ0) is 21.8. The van der Waals surface area contributed by atoms with Crippen molar-refractivity contribution in [3.8, 4) is 5.75 Å². The number of nitrogens with one attached hydrogen (secondary N) is 1. The van der Waals surface area contributed by atoms with Gasteiger partial charge in [-0.15, -0.1) is 0 Å². The number of carbonyl (C=O) groups excluding carboxylic acids is 2. The van der Waals surface area contributed by atoms with Crippen molar-refractivity contribution < 1.29 is 14.3 Å². The summed E-state index contributed by atoms with van der Waals surface area (Å²) in [7, 11) is 1.66. The summed E-state index contributed by atoms with van der Waals surface area (Å²) >= 11 is 3.51. The predicted octanol–water partition coefficient (Wildman–Crippen LogP) is 3.76. The Kier molecular flexibility index (Phi) is 6.92. The molecule has 7 heteroatoms. The highest BCUT2D eigenvalue weighted by Gasteiger charge is 2.36. The Morgan fingerprint density at radius 2 is 1.87 bits per heavy atom. The molecule has 2 aromatic rings. The number of anilines is 1. The third kappa shape index (κ3) is 4.93. The zero-order valence-corrected chi connectivity index (χ0v) is 19.3. The van der Waals surface area contributed by atoms with Crippen LogP contribution in [0.25, 0.3) is 0 Å². The second-order valence-electron chi connectivity index (χ2n) is 8.13. The van der Waals surface area contributed by atoms with Gasteiger partial charge in [0, 0.05) is 24.0 Å². The lowest BCUT2D eigenvalue weighted by atomic mass is 10.0. The largest absolute Gasteiger partial charge is 0.497 e. The number of nitrogens with zero attached hydrogens (tertiary/aromatic N) is 2. The summed E-state index contributed by atoms with van der Waals surface area (Å²) < 4.78 is 6.14. The first-order valence-electron chi connectivity index (χ1n) is 10.8. The van der Waals surface area contributed by atoms with Crippen LogP contribution in [0.5, 0.6) is 5.75 Å². The number of amides is 2. The first-order chi connectivity index (χ1) is 15.1. The Morgan fingerprint density at radius 3 is 2.55 bits per heavy atom. The molecule has 1 N–H and O–H groups in total. The third-order valence-electron chi connectivity index (χ3n) is 6.19. The second-order valence-corrected chi connectivity index (χ2v) is 8.99. The smallest absolute Gasteiger partial charge is 0.227 e. The second kappa shape index (κ2) is 9.83. The lowest BCUT2D eigenvalue weighted by Crippen LogP contribution is -2.40. The molecule has 0 spiro atoms. The van der Waals surface area contributed by atoms with E-state index in [9.17, 15) is 9.59 Å². The molecular formula is C24H28BrN3O3. The number of rotatable bonds is 7. The van der Waals surface area contributed by atoms with Crippen molar-refractivity contribution in [2.45, 2.75) is 25.3 Å². The summed E-state index contributed by atoms with van der Waals surface area (Å²) in [4.78, 5) is 29.7. The molecule has 2 heterocycles. The molecule has 6 nitrogen and oxygen atoms in total. The Balaban J connectivity index is 1.42. The number of ether oxygens (including phenoxy) is 1. The number of para-hydroxylation sites is 1. The molecule has 2 aliphatic rings. The molecule has 0 saturated carbocycles. The molecule has 2 aliphatic heterocycles. The topological polar surface area (TPSA) is 61.9 Å². The Bertz CT molecular complexity index is 928. The molecule has 2 saturated heterocycles. The Labute approximate surface area is 191 Å². The van der Waals surface area contributed by atoms with Crippen molar-refractivity contribution in [1.29, 1.82) is 0 Å². The van der Waals surface area contributed by atoms with Crippen LogP contribution in [-0.2, 0) is 9.59 Å². The lowest BCUT2D eigenvalue weighted by molar-refractivity contribution is -0.126. The van der Waals surface area contributed by atoms with Gasteiger partial charge in [-0.1, -0.05) is 24.3 Å². The number of hydrogen-bond acceptors (Lipinski definition) is 4. The van der Waals surface area contributed by atoms with E-state index in [-0.39, 0.29) is 30.2 Å². The van der Waals surface area contributed by atoms with Gasteiger partial charge in [0.15, 0.2) is 0 Å². The summed E-state index contributed by atoms with van der Waals surface area (Å²) in [5.74, 6) is 0.415. The van der Waals surface area contributed by atoms with Gasteiger partial charge in [-0.2, -0.15) is 0 Å². The molecular weight excluding hydrogens is 458 g/mol. The molecule has 31 heavy (non-hydrogen) atoms. The molecule has 164 valence electrons. The highest BCUT2D eigenvalue weighted by atomic mass is 79.9. The van der Waals surface area contributed by atoms with Gasteiger partial charge in [-0.05, 0) is 71.7 Å². The predicted molar refractivity (Wildman–Crippen MR) is 124 cm³/mol. The van der Waals surface area contributed by atoms with E-state index in [4.69, 9.17) is 4.74 Å². The van der Waals surface area contributed by atoms with E-state index in [1.54, 1.807) is 12.0 Å². The normalized spacial score (nSPS) is 20.1. The first-order valence-corrected chi connectivity index (χ1v) is 11.6. The first kappa shape index (κ1) is 21.8. The van der Waals surface area contributed by atoms with Crippen LogP contribution in [0, 0.1) is 5.92 Å². The molecule has 2 amide bonds. The Morgan fingerprint density at radius 1 is 1.16 bits per heavy atom. The SMILES string of the molecule is COc1ccc(C(CNC(=O)C2CC(=O)N(c3ccccc3Br)C2)N2CCCC2)cc1. The van der Waals surface area contributed by atoms with E-state index in [0.717, 1.165) is 29.0 Å². The van der Waals surface area contributed by atoms with Crippen LogP contribution < -0.4 is 15.0 Å². The van der Waals surface area contributed by atoms with Gasteiger partial charge in [-0.25, -0.2) is 0 Å². The maximum absolute atomic E-state index is 13.0. The fraction of sp³-hybridized carbons (Fsp3) is 0.417. The average molecular weight is 486 g/mol. The van der Waals surface area contributed by atoms with E-state index in [1.165, 1.54) is 18.4 Å². The van der Waals surface area contributed by atoms with Crippen LogP contribution in [0.2, 0.25) is 0 Å². The van der Waals surface area contributed by atoms with Crippen molar-refractivity contribution in [3.63, 3.8) is 0 Å². The minimum absolute atomic E-state index is 0.0155. The molecule has 4 rings (SSSR count). The molecule has 2 aromatic carbocycles. The van der Waals surface area contributed by atoms with Crippen molar-refractivity contribution in [3.05, 3.63) is 58.6 Å². The average Bonchev–Trinajstić information content (AvgIpc) is 3.45. The van der Waals surface area contributed by atoms with Gasteiger partial charge in [0.25, 0.3) is 0 Å². The molecule has 0 radical (unpaired) electrons. The number of methoxy groups -OCH3 is 1. The minimum Gasteiger partial charge on any atom is -0.497 e. The van der Waals surface area contributed by atoms with Crippen LogP contribution in [0.3, 0.4) is 0 Å². The van der Waals surface area contributed by atoms with E-state index in [0.29, 0.717) is 13.1 Å². The molecule has 2 atom stereocenters. The maximum atomic E-state index is 13.0. The van der Waals surface area contributed by atoms with Crippen LogP contribution in [0.15, 0.2) is 53.0 Å².